The second-order valence-corrected chi connectivity index (χ2v) is 15.6. The third-order valence-corrected chi connectivity index (χ3v) is 12.4. The number of ether oxygens (including phenoxy) is 1. The maximum atomic E-state index is 12.1. The van der Waals surface area contributed by atoms with Gasteiger partial charge < -0.3 is 19.8 Å². The van der Waals surface area contributed by atoms with Gasteiger partial charge in [0.15, 0.2) is 0 Å². The molecule has 1 aliphatic heterocycles. The third kappa shape index (κ3) is 6.39. The van der Waals surface area contributed by atoms with Crippen molar-refractivity contribution >= 4 is 33.3 Å². The summed E-state index contributed by atoms with van der Waals surface area (Å²) in [6.45, 7) is 1.86. The molecule has 2 aromatic carbocycles. The first-order valence-corrected chi connectivity index (χ1v) is 17.9. The zero-order chi connectivity index (χ0) is 31.1. The van der Waals surface area contributed by atoms with E-state index in [0.29, 0.717) is 38.3 Å². The van der Waals surface area contributed by atoms with Crippen LogP contribution in [0.15, 0.2) is 48.6 Å². The topological polar surface area (TPSA) is 130 Å². The molecule has 1 heterocycles. The molecule has 4 N–H and O–H groups in total. The van der Waals surface area contributed by atoms with E-state index >= 15 is 0 Å². The van der Waals surface area contributed by atoms with Crippen LogP contribution in [0.25, 0.3) is 0 Å². The molecule has 2 aromatic rings. The lowest BCUT2D eigenvalue weighted by Crippen LogP contribution is -2.49. The van der Waals surface area contributed by atoms with Gasteiger partial charge in [-0.3, -0.25) is 0 Å². The first-order chi connectivity index (χ1) is 21.0. The second-order valence-electron chi connectivity index (χ2n) is 13.4. The van der Waals surface area contributed by atoms with Crippen molar-refractivity contribution in [3.8, 4) is 5.75 Å². The number of carboxylic acids is 1. The van der Waals surface area contributed by atoms with E-state index in [1.807, 2.05) is 18.2 Å². The van der Waals surface area contributed by atoms with Crippen LogP contribution < -0.4 is 14.8 Å². The zero-order valence-electron chi connectivity index (χ0n) is 25.0. The molecule has 0 radical (unpaired) electrons. The van der Waals surface area contributed by atoms with Gasteiger partial charge in [-0.1, -0.05) is 42.7 Å². The van der Waals surface area contributed by atoms with Crippen LogP contribution in [-0.4, -0.2) is 55.7 Å². The number of nitrogens with zero attached hydrogens (tertiary/aromatic N) is 1. The Labute approximate surface area is 265 Å². The molecule has 0 bridgehead atoms. The molecule has 2 fully saturated rings. The lowest BCUT2D eigenvalue weighted by Gasteiger charge is -2.45. The van der Waals surface area contributed by atoms with Crippen LogP contribution in [0.4, 0.5) is 5.69 Å². The number of aromatic carboxylic acids is 1. The molecule has 238 valence electrons. The van der Waals surface area contributed by atoms with Crippen molar-refractivity contribution in [1.82, 2.24) is 0 Å². The predicted octanol–water partition coefficient (Wildman–Crippen LogP) is 5.69. The van der Waals surface area contributed by atoms with Gasteiger partial charge in [0.2, 0.25) is 10.0 Å². The Morgan fingerprint density at radius 2 is 1.93 bits per heavy atom. The summed E-state index contributed by atoms with van der Waals surface area (Å²) in [5, 5.41) is 26.7. The predicted molar refractivity (Wildman–Crippen MR) is 172 cm³/mol. The fraction of sp³-hybridized carbons (Fsp3) is 0.559. The highest BCUT2D eigenvalue weighted by Crippen LogP contribution is 2.46. The van der Waals surface area contributed by atoms with Crippen molar-refractivity contribution in [2.45, 2.75) is 81.0 Å². The van der Waals surface area contributed by atoms with E-state index in [2.05, 4.69) is 17.0 Å². The Kier molecular flexibility index (Phi) is 9.03. The highest BCUT2D eigenvalue weighted by atomic mass is 35.5. The monoisotopic (exact) mass is 642 g/mol. The average molecular weight is 643 g/mol. The fourth-order valence-electron chi connectivity index (χ4n) is 8.21. The number of hydrogen-bond acceptors (Lipinski definition) is 6. The summed E-state index contributed by atoms with van der Waals surface area (Å²) < 4.78 is 30.7. The molecule has 0 amide bonds. The van der Waals surface area contributed by atoms with Crippen LogP contribution in [0, 0.1) is 17.8 Å². The second kappa shape index (κ2) is 12.7. The number of fused-ring (bicyclic) bond motifs is 3. The Balaban J connectivity index is 1.22. The van der Waals surface area contributed by atoms with Crippen LogP contribution >= 0.6 is 11.6 Å². The van der Waals surface area contributed by atoms with Gasteiger partial charge in [0.1, 0.15) is 5.75 Å². The van der Waals surface area contributed by atoms with Gasteiger partial charge >= 0.3 is 5.97 Å². The number of carbonyl (C=O) groups is 1. The Morgan fingerprint density at radius 1 is 1.11 bits per heavy atom. The summed E-state index contributed by atoms with van der Waals surface area (Å²) in [5.74, 6) is -0.0299. The molecule has 0 aromatic heterocycles. The summed E-state index contributed by atoms with van der Waals surface area (Å²) in [5.41, 5.74) is 3.23. The molecule has 8 nitrogen and oxygen atoms in total. The van der Waals surface area contributed by atoms with Gasteiger partial charge in [0, 0.05) is 23.5 Å². The molecule has 3 aliphatic carbocycles. The molecule has 44 heavy (non-hydrogen) atoms. The first kappa shape index (κ1) is 31.4. The minimum atomic E-state index is -3.58. The molecular formula is C34H43ClN2O6S. The quantitative estimate of drug-likeness (QED) is 0.315. The number of rotatable bonds is 8. The van der Waals surface area contributed by atoms with Gasteiger partial charge in [0.05, 0.1) is 29.2 Å². The number of aliphatic hydroxyl groups excluding tert-OH is 1. The van der Waals surface area contributed by atoms with Crippen LogP contribution in [0.1, 0.15) is 79.3 Å². The van der Waals surface area contributed by atoms with Crippen molar-refractivity contribution in [3.63, 3.8) is 0 Å². The number of anilines is 1. The van der Waals surface area contributed by atoms with Crippen LogP contribution in [0.3, 0.4) is 0 Å². The molecule has 0 saturated heterocycles. The molecular weight excluding hydrogens is 600 g/mol. The summed E-state index contributed by atoms with van der Waals surface area (Å²) in [7, 11) is -3.58. The summed E-state index contributed by atoms with van der Waals surface area (Å²) in [6, 6.07) is 11.2. The Bertz CT molecular complexity index is 1530. The standard InChI is InChI=1S/C34H43ClN2O6S/c35-26-12-14-28-23(17-26)7-4-16-34(28)20-37(29-18-24(33(39)40)11-15-31(29)43-21-34)19-25-10-13-27(25)30(38)8-3-6-22-5-1-2-9-32(22)44(36,41)42/h3,8,11-12,14-15,17-18,22,25,27,30,32,38H,1-2,4-7,9-10,13,16,19-21H2,(H,39,40)(H2,36,41,42)/b8-3+/t22-,25+,27-,30?,32+,34+/m1/s1. The van der Waals surface area contributed by atoms with E-state index in [0.717, 1.165) is 62.1 Å². The molecule has 10 heteroatoms. The van der Waals surface area contributed by atoms with Crippen LogP contribution in [-0.2, 0) is 21.9 Å². The number of sulfonamides is 1. The van der Waals surface area contributed by atoms with Gasteiger partial charge in [0.25, 0.3) is 0 Å². The Morgan fingerprint density at radius 3 is 2.68 bits per heavy atom. The highest BCUT2D eigenvalue weighted by molar-refractivity contribution is 7.89. The molecule has 1 spiro atoms. The number of allylic oxidation sites excluding steroid dienone is 1. The number of benzene rings is 2. The number of primary sulfonamides is 1. The van der Waals surface area contributed by atoms with E-state index in [1.54, 1.807) is 18.2 Å². The molecule has 6 atom stereocenters. The molecule has 6 rings (SSSR count). The number of hydrogen-bond donors (Lipinski definition) is 3. The lowest BCUT2D eigenvalue weighted by atomic mass is 9.68. The molecule has 4 aliphatic rings. The van der Waals surface area contributed by atoms with Gasteiger partial charge in [-0.25, -0.2) is 18.4 Å². The fourth-order valence-corrected chi connectivity index (χ4v) is 9.69. The minimum absolute atomic E-state index is 0.0131. The maximum absolute atomic E-state index is 12.1. The van der Waals surface area contributed by atoms with E-state index in [1.165, 1.54) is 11.1 Å². The van der Waals surface area contributed by atoms with Crippen molar-refractivity contribution in [2.24, 2.45) is 22.9 Å². The van der Waals surface area contributed by atoms with Crippen molar-refractivity contribution in [1.29, 1.82) is 0 Å². The molecule has 2 saturated carbocycles. The van der Waals surface area contributed by atoms with Crippen molar-refractivity contribution in [2.75, 3.05) is 24.6 Å². The highest BCUT2D eigenvalue weighted by Gasteiger charge is 2.44. The number of halogens is 1. The van der Waals surface area contributed by atoms with E-state index in [4.69, 9.17) is 21.5 Å². The number of aryl methyl sites for hydroxylation is 1. The third-order valence-electron chi connectivity index (χ3n) is 10.7. The number of nitrogens with two attached hydrogens (primary N) is 1. The van der Waals surface area contributed by atoms with Gasteiger partial charge in [-0.05, 0) is 111 Å². The Hall–Kier alpha value is -2.59. The number of carboxylic acid groups (broad SMARTS) is 1. The first-order valence-electron chi connectivity index (χ1n) is 15.9. The average Bonchev–Trinajstić information content (AvgIpc) is 3.12. The maximum Gasteiger partial charge on any atom is 0.335 e. The van der Waals surface area contributed by atoms with Crippen LogP contribution in [0.2, 0.25) is 5.02 Å². The summed E-state index contributed by atoms with van der Waals surface area (Å²) >= 11 is 6.37. The summed E-state index contributed by atoms with van der Waals surface area (Å²) in [4.78, 5) is 14.2. The van der Waals surface area contributed by atoms with Gasteiger partial charge in [-0.15, -0.1) is 0 Å². The van der Waals surface area contributed by atoms with E-state index in [-0.39, 0.29) is 28.7 Å². The van der Waals surface area contributed by atoms with Crippen molar-refractivity contribution in [3.05, 3.63) is 70.3 Å². The van der Waals surface area contributed by atoms with E-state index < -0.39 is 27.3 Å². The van der Waals surface area contributed by atoms with Crippen molar-refractivity contribution < 1.29 is 28.2 Å². The summed E-state index contributed by atoms with van der Waals surface area (Å²) in [6.07, 6.45) is 11.9. The van der Waals surface area contributed by atoms with Crippen LogP contribution in [0.5, 0.6) is 5.75 Å². The normalized spacial score (nSPS) is 29.3. The smallest absolute Gasteiger partial charge is 0.335 e. The zero-order valence-corrected chi connectivity index (χ0v) is 26.6. The number of aliphatic hydroxyl groups is 1. The minimum Gasteiger partial charge on any atom is -0.490 e. The van der Waals surface area contributed by atoms with E-state index in [9.17, 15) is 23.4 Å². The molecule has 1 unspecified atom stereocenters. The largest absolute Gasteiger partial charge is 0.490 e. The SMILES string of the molecule is NS(=O)(=O)[C@H]1CCCC[C@@H]1C/C=C/C(O)[C@@H]1CC[C@H]1CN1C[C@@]2(CCCc3cc(Cl)ccc32)COc2ccc(C(=O)O)cc21. The lowest BCUT2D eigenvalue weighted by molar-refractivity contribution is 0.0455. The van der Waals surface area contributed by atoms with Gasteiger partial charge in [-0.2, -0.15) is 0 Å².